The van der Waals surface area contributed by atoms with Gasteiger partial charge in [-0.3, -0.25) is 4.90 Å². The number of benzene rings is 1. The average Bonchev–Trinajstić information content (AvgIpc) is 2.38. The SMILES string of the molecule is CCC[C@H](c1c(F)cccc1Br)N1CCNCC1.Cl.Cl. The van der Waals surface area contributed by atoms with Gasteiger partial charge in [0.25, 0.3) is 0 Å². The van der Waals surface area contributed by atoms with Crippen LogP contribution in [0.15, 0.2) is 22.7 Å². The molecule has 1 aliphatic rings. The lowest BCUT2D eigenvalue weighted by Gasteiger charge is -2.35. The first-order valence-corrected chi connectivity index (χ1v) is 7.42. The molecule has 0 unspecified atom stereocenters. The van der Waals surface area contributed by atoms with Crippen molar-refractivity contribution in [1.29, 1.82) is 0 Å². The van der Waals surface area contributed by atoms with Crippen LogP contribution in [-0.2, 0) is 0 Å². The minimum absolute atomic E-state index is 0. The Morgan fingerprint density at radius 3 is 2.50 bits per heavy atom. The lowest BCUT2D eigenvalue weighted by molar-refractivity contribution is 0.161. The standard InChI is InChI=1S/C14H20BrFN2.2ClH/c1-2-4-13(18-9-7-17-8-10-18)14-11(15)5-3-6-12(14)16;;/h3,5-6,13,17H,2,4,7-10H2,1H3;2*1H/t13-;;/m1../s1. The minimum atomic E-state index is -0.0960. The fourth-order valence-electron chi connectivity index (χ4n) is 2.61. The molecule has 20 heavy (non-hydrogen) atoms. The summed E-state index contributed by atoms with van der Waals surface area (Å²) in [7, 11) is 0. The zero-order valence-corrected chi connectivity index (χ0v) is 14.8. The third-order valence-electron chi connectivity index (χ3n) is 3.49. The molecular weight excluding hydrogens is 366 g/mol. The molecule has 1 heterocycles. The van der Waals surface area contributed by atoms with Gasteiger partial charge in [-0.05, 0) is 18.6 Å². The predicted molar refractivity (Wildman–Crippen MR) is 90.7 cm³/mol. The normalized spacial score (nSPS) is 16.9. The van der Waals surface area contributed by atoms with E-state index in [4.69, 9.17) is 0 Å². The topological polar surface area (TPSA) is 15.3 Å². The summed E-state index contributed by atoms with van der Waals surface area (Å²) in [6.45, 7) is 6.12. The first kappa shape index (κ1) is 20.1. The lowest BCUT2D eigenvalue weighted by atomic mass is 9.99. The molecular formula is C14H22BrCl2FN2. The van der Waals surface area contributed by atoms with E-state index < -0.39 is 0 Å². The number of halogens is 4. The molecule has 2 nitrogen and oxygen atoms in total. The van der Waals surface area contributed by atoms with Gasteiger partial charge in [-0.25, -0.2) is 4.39 Å². The molecule has 0 amide bonds. The molecule has 2 rings (SSSR count). The molecule has 1 aliphatic heterocycles. The zero-order valence-electron chi connectivity index (χ0n) is 11.6. The molecule has 0 aliphatic carbocycles. The number of nitrogens with zero attached hydrogens (tertiary/aromatic N) is 1. The molecule has 1 saturated heterocycles. The summed E-state index contributed by atoms with van der Waals surface area (Å²) >= 11 is 3.50. The van der Waals surface area contributed by atoms with Crippen molar-refractivity contribution in [2.45, 2.75) is 25.8 Å². The quantitative estimate of drug-likeness (QED) is 0.833. The average molecular weight is 388 g/mol. The summed E-state index contributed by atoms with van der Waals surface area (Å²) < 4.78 is 15.0. The molecule has 6 heteroatoms. The second kappa shape index (κ2) is 9.96. The lowest BCUT2D eigenvalue weighted by Crippen LogP contribution is -2.45. The van der Waals surface area contributed by atoms with Gasteiger partial charge in [0.1, 0.15) is 5.82 Å². The Balaban J connectivity index is 0.00000180. The molecule has 116 valence electrons. The minimum Gasteiger partial charge on any atom is -0.314 e. The highest BCUT2D eigenvalue weighted by Crippen LogP contribution is 2.33. The molecule has 1 fully saturated rings. The Labute approximate surface area is 141 Å². The van der Waals surface area contributed by atoms with Gasteiger partial charge in [-0.15, -0.1) is 24.8 Å². The highest BCUT2D eigenvalue weighted by molar-refractivity contribution is 9.10. The van der Waals surface area contributed by atoms with E-state index in [1.54, 1.807) is 12.1 Å². The third-order valence-corrected chi connectivity index (χ3v) is 4.18. The van der Waals surface area contributed by atoms with Crippen molar-refractivity contribution in [3.63, 3.8) is 0 Å². The molecule has 1 aromatic rings. The van der Waals surface area contributed by atoms with E-state index in [1.165, 1.54) is 0 Å². The van der Waals surface area contributed by atoms with E-state index in [9.17, 15) is 4.39 Å². The second-order valence-electron chi connectivity index (χ2n) is 4.73. The van der Waals surface area contributed by atoms with Crippen LogP contribution in [0, 0.1) is 5.82 Å². The van der Waals surface area contributed by atoms with E-state index in [2.05, 4.69) is 33.1 Å². The maximum Gasteiger partial charge on any atom is 0.129 e. The van der Waals surface area contributed by atoms with Crippen molar-refractivity contribution in [3.8, 4) is 0 Å². The Hall–Kier alpha value is 0.130. The third kappa shape index (κ3) is 4.85. The van der Waals surface area contributed by atoms with Crippen LogP contribution in [0.3, 0.4) is 0 Å². The van der Waals surface area contributed by atoms with E-state index >= 15 is 0 Å². The number of nitrogens with one attached hydrogen (secondary N) is 1. The van der Waals surface area contributed by atoms with Crippen LogP contribution in [0.2, 0.25) is 0 Å². The number of rotatable bonds is 4. The van der Waals surface area contributed by atoms with Crippen molar-refractivity contribution in [2.75, 3.05) is 26.2 Å². The zero-order chi connectivity index (χ0) is 13.0. The van der Waals surface area contributed by atoms with Crippen LogP contribution in [0.1, 0.15) is 31.4 Å². The Bertz CT molecular complexity index is 381. The van der Waals surface area contributed by atoms with Gasteiger partial charge in [-0.2, -0.15) is 0 Å². The van der Waals surface area contributed by atoms with Crippen molar-refractivity contribution in [1.82, 2.24) is 10.2 Å². The van der Waals surface area contributed by atoms with Crippen molar-refractivity contribution in [3.05, 3.63) is 34.1 Å². The molecule has 0 saturated carbocycles. The second-order valence-corrected chi connectivity index (χ2v) is 5.58. The first-order chi connectivity index (χ1) is 8.74. The van der Waals surface area contributed by atoms with Gasteiger partial charge < -0.3 is 5.32 Å². The van der Waals surface area contributed by atoms with Crippen molar-refractivity contribution >= 4 is 40.7 Å². The Morgan fingerprint density at radius 1 is 1.30 bits per heavy atom. The molecule has 0 bridgehead atoms. The van der Waals surface area contributed by atoms with E-state index in [0.29, 0.717) is 0 Å². The summed E-state index contributed by atoms with van der Waals surface area (Å²) in [4.78, 5) is 2.39. The van der Waals surface area contributed by atoms with Crippen LogP contribution in [0.4, 0.5) is 4.39 Å². The van der Waals surface area contributed by atoms with Crippen LogP contribution in [0.25, 0.3) is 0 Å². The predicted octanol–water partition coefficient (Wildman–Crippen LogP) is 4.18. The van der Waals surface area contributed by atoms with Crippen LogP contribution in [0.5, 0.6) is 0 Å². The van der Waals surface area contributed by atoms with Gasteiger partial charge >= 0.3 is 0 Å². The smallest absolute Gasteiger partial charge is 0.129 e. The van der Waals surface area contributed by atoms with Crippen molar-refractivity contribution < 1.29 is 4.39 Å². The van der Waals surface area contributed by atoms with Gasteiger partial charge in [0.05, 0.1) is 0 Å². The molecule has 1 aromatic carbocycles. The fourth-order valence-corrected chi connectivity index (χ4v) is 3.21. The Morgan fingerprint density at radius 2 is 1.95 bits per heavy atom. The van der Waals surface area contributed by atoms with Crippen molar-refractivity contribution in [2.24, 2.45) is 0 Å². The van der Waals surface area contributed by atoms with E-state index in [-0.39, 0.29) is 36.7 Å². The summed E-state index contributed by atoms with van der Waals surface area (Å²) in [6, 6.07) is 5.44. The van der Waals surface area contributed by atoms with Gasteiger partial charge in [0.15, 0.2) is 0 Å². The number of hydrogen-bond acceptors (Lipinski definition) is 2. The molecule has 1 N–H and O–H groups in total. The van der Waals surface area contributed by atoms with Gasteiger partial charge in [-0.1, -0.05) is 35.3 Å². The summed E-state index contributed by atoms with van der Waals surface area (Å²) in [5.41, 5.74) is 0.821. The molecule has 0 aromatic heterocycles. The number of piperazine rings is 1. The van der Waals surface area contributed by atoms with Gasteiger partial charge in [0, 0.05) is 42.3 Å². The summed E-state index contributed by atoms with van der Waals surface area (Å²) in [6.07, 6.45) is 2.06. The highest BCUT2D eigenvalue weighted by Gasteiger charge is 2.25. The van der Waals surface area contributed by atoms with Crippen LogP contribution >= 0.6 is 40.7 Å². The summed E-state index contributed by atoms with van der Waals surface area (Å²) in [5.74, 6) is -0.0960. The van der Waals surface area contributed by atoms with Crippen LogP contribution in [-0.4, -0.2) is 31.1 Å². The van der Waals surface area contributed by atoms with E-state index in [1.807, 2.05) is 6.07 Å². The van der Waals surface area contributed by atoms with Crippen LogP contribution < -0.4 is 5.32 Å². The molecule has 0 radical (unpaired) electrons. The fraction of sp³-hybridized carbons (Fsp3) is 0.571. The first-order valence-electron chi connectivity index (χ1n) is 6.62. The molecule has 1 atom stereocenters. The monoisotopic (exact) mass is 386 g/mol. The maximum absolute atomic E-state index is 14.1. The van der Waals surface area contributed by atoms with Gasteiger partial charge in [0.2, 0.25) is 0 Å². The summed E-state index contributed by atoms with van der Waals surface area (Å²) in [5, 5.41) is 3.35. The maximum atomic E-state index is 14.1. The number of hydrogen-bond donors (Lipinski definition) is 1. The largest absolute Gasteiger partial charge is 0.314 e. The Kier molecular flexibility index (Phi) is 10.0. The van der Waals surface area contributed by atoms with E-state index in [0.717, 1.165) is 49.1 Å². The highest BCUT2D eigenvalue weighted by atomic mass is 79.9. The molecule has 0 spiro atoms.